The first-order chi connectivity index (χ1) is 8.61. The van der Waals surface area contributed by atoms with Gasteiger partial charge in [0.15, 0.2) is 0 Å². The third-order valence-corrected chi connectivity index (χ3v) is 2.49. The van der Waals surface area contributed by atoms with Crippen LogP contribution in [0.5, 0.6) is 5.75 Å². The van der Waals surface area contributed by atoms with E-state index in [-0.39, 0.29) is 53.2 Å². The van der Waals surface area contributed by atoms with Gasteiger partial charge in [0.2, 0.25) is 0 Å². The molecule has 1 aromatic rings. The van der Waals surface area contributed by atoms with Gasteiger partial charge in [-0.15, -0.1) is 0 Å². The maximum atomic E-state index is 11.6. The molecule has 0 saturated carbocycles. The number of aliphatic carboxylic acids is 1. The molecule has 0 unspecified atom stereocenters. The Kier molecular flexibility index (Phi) is 9.30. The minimum Gasteiger partial charge on any atom is -0.550 e. The van der Waals surface area contributed by atoms with Gasteiger partial charge in [-0.25, -0.2) is 0 Å². The molecule has 1 amide bonds. The first-order valence-electron chi connectivity index (χ1n) is 5.87. The summed E-state index contributed by atoms with van der Waals surface area (Å²) in [5, 5.41) is 22.3. The van der Waals surface area contributed by atoms with Crippen molar-refractivity contribution in [1.29, 1.82) is 0 Å². The van der Waals surface area contributed by atoms with Crippen LogP contribution >= 0.6 is 0 Å². The average Bonchev–Trinajstić information content (AvgIpc) is 2.33. The van der Waals surface area contributed by atoms with Crippen LogP contribution in [0.2, 0.25) is 0 Å². The van der Waals surface area contributed by atoms with Gasteiger partial charge < -0.3 is 20.3 Å². The smallest absolute Gasteiger partial charge is 0.550 e. The monoisotopic (exact) mass is 273 g/mol. The van der Waals surface area contributed by atoms with Gasteiger partial charge in [0, 0.05) is 12.5 Å². The molecule has 0 radical (unpaired) electrons. The number of nitrogens with one attached hydrogen (secondary N) is 1. The molecule has 98 valence electrons. The molecule has 6 heteroatoms. The number of carbonyl (C=O) groups excluding carboxylic acids is 2. The van der Waals surface area contributed by atoms with Crippen molar-refractivity contribution in [3.8, 4) is 5.75 Å². The molecule has 0 heterocycles. The van der Waals surface area contributed by atoms with Crippen LogP contribution in [0.15, 0.2) is 24.3 Å². The van der Waals surface area contributed by atoms with Crippen LogP contribution in [0, 0.1) is 0 Å². The third-order valence-electron chi connectivity index (χ3n) is 2.49. The van der Waals surface area contributed by atoms with Crippen molar-refractivity contribution in [3.63, 3.8) is 0 Å². The Labute approximate surface area is 134 Å². The largest absolute Gasteiger partial charge is 1.00 e. The second-order valence-corrected chi connectivity index (χ2v) is 3.96. The molecule has 2 N–H and O–H groups in total. The van der Waals surface area contributed by atoms with Crippen LogP contribution < -0.4 is 40.0 Å². The molecule has 0 atom stereocenters. The SMILES string of the molecule is O=C([O-])CCCCCNC(=O)c1ccccc1O.[Na+]. The van der Waals surface area contributed by atoms with Crippen LogP contribution in [0.1, 0.15) is 36.0 Å². The van der Waals surface area contributed by atoms with E-state index in [1.807, 2.05) is 0 Å². The van der Waals surface area contributed by atoms with Gasteiger partial charge in [-0.05, 0) is 31.4 Å². The zero-order chi connectivity index (χ0) is 13.4. The van der Waals surface area contributed by atoms with Crippen molar-refractivity contribution < 1.29 is 49.4 Å². The molecule has 1 aromatic carbocycles. The summed E-state index contributed by atoms with van der Waals surface area (Å²) < 4.78 is 0. The fraction of sp³-hybridized carbons (Fsp3) is 0.385. The predicted octanol–water partition coefficient (Wildman–Crippen LogP) is -2.56. The second kappa shape index (κ2) is 9.83. The van der Waals surface area contributed by atoms with Crippen molar-refractivity contribution in [2.45, 2.75) is 25.7 Å². The molecule has 5 nitrogen and oxygen atoms in total. The van der Waals surface area contributed by atoms with Gasteiger partial charge in [0.05, 0.1) is 5.56 Å². The van der Waals surface area contributed by atoms with Crippen LogP contribution in [0.4, 0.5) is 0 Å². The number of benzene rings is 1. The van der Waals surface area contributed by atoms with Crippen LogP contribution in [0.3, 0.4) is 0 Å². The summed E-state index contributed by atoms with van der Waals surface area (Å²) in [5.74, 6) is -1.42. The van der Waals surface area contributed by atoms with E-state index in [1.54, 1.807) is 18.2 Å². The molecular weight excluding hydrogens is 257 g/mol. The number of carboxylic acid groups (broad SMARTS) is 1. The van der Waals surface area contributed by atoms with E-state index in [0.717, 1.165) is 6.42 Å². The number of rotatable bonds is 7. The molecule has 0 aliphatic heterocycles. The zero-order valence-corrected chi connectivity index (χ0v) is 13.0. The van der Waals surface area contributed by atoms with Crippen molar-refractivity contribution in [3.05, 3.63) is 29.8 Å². The van der Waals surface area contributed by atoms with E-state index in [0.29, 0.717) is 19.4 Å². The Balaban J connectivity index is 0.00000324. The maximum Gasteiger partial charge on any atom is 1.00 e. The summed E-state index contributed by atoms with van der Waals surface area (Å²) in [4.78, 5) is 21.8. The van der Waals surface area contributed by atoms with Crippen LogP contribution in [0.25, 0.3) is 0 Å². The van der Waals surface area contributed by atoms with E-state index < -0.39 is 5.97 Å². The average molecular weight is 273 g/mol. The van der Waals surface area contributed by atoms with Crippen molar-refractivity contribution >= 4 is 11.9 Å². The van der Waals surface area contributed by atoms with Gasteiger partial charge in [-0.1, -0.05) is 18.6 Å². The number of phenolic OH excluding ortho intramolecular Hbond substituents is 1. The summed E-state index contributed by atoms with van der Waals surface area (Å²) >= 11 is 0. The van der Waals surface area contributed by atoms with E-state index in [9.17, 15) is 19.8 Å². The topological polar surface area (TPSA) is 89.5 Å². The Morgan fingerprint density at radius 3 is 2.47 bits per heavy atom. The molecule has 1 rings (SSSR count). The fourth-order valence-electron chi connectivity index (χ4n) is 1.53. The number of aromatic hydroxyl groups is 1. The van der Waals surface area contributed by atoms with Gasteiger partial charge >= 0.3 is 29.6 Å². The number of carboxylic acids is 1. The number of amides is 1. The number of carbonyl (C=O) groups is 2. The molecule has 0 aliphatic rings. The first-order valence-corrected chi connectivity index (χ1v) is 5.87. The second-order valence-electron chi connectivity index (χ2n) is 3.96. The zero-order valence-electron chi connectivity index (χ0n) is 11.0. The summed E-state index contributed by atoms with van der Waals surface area (Å²) in [7, 11) is 0. The van der Waals surface area contributed by atoms with E-state index >= 15 is 0 Å². The van der Waals surface area contributed by atoms with Gasteiger partial charge in [-0.3, -0.25) is 4.79 Å². The molecule has 0 fully saturated rings. The van der Waals surface area contributed by atoms with Crippen molar-refractivity contribution in [2.75, 3.05) is 6.54 Å². The van der Waals surface area contributed by atoms with E-state index in [2.05, 4.69) is 5.32 Å². The van der Waals surface area contributed by atoms with Crippen LogP contribution in [-0.4, -0.2) is 23.5 Å². The van der Waals surface area contributed by atoms with E-state index in [4.69, 9.17) is 0 Å². The standard InChI is InChI=1S/C13H17NO4.Na/c15-11-7-4-3-6-10(11)13(18)14-9-5-1-2-8-12(16)17;/h3-4,6-7,15H,1-2,5,8-9H2,(H,14,18)(H,16,17);/q;+1/p-1. The molecule has 0 bridgehead atoms. The fourth-order valence-corrected chi connectivity index (χ4v) is 1.53. The minimum absolute atomic E-state index is 0. The molecule has 0 spiro atoms. The van der Waals surface area contributed by atoms with Gasteiger partial charge in [-0.2, -0.15) is 0 Å². The summed E-state index contributed by atoms with van der Waals surface area (Å²) in [6.07, 6.45) is 2.02. The number of unbranched alkanes of at least 4 members (excludes halogenated alkanes) is 2. The first kappa shape index (κ1) is 18.0. The molecule has 19 heavy (non-hydrogen) atoms. The third kappa shape index (κ3) is 7.20. The van der Waals surface area contributed by atoms with E-state index in [1.165, 1.54) is 6.07 Å². The molecular formula is C13H16NNaO4. The quantitative estimate of drug-likeness (QED) is 0.422. The van der Waals surface area contributed by atoms with Crippen LogP contribution in [-0.2, 0) is 4.79 Å². The summed E-state index contributed by atoms with van der Waals surface area (Å²) in [6, 6.07) is 6.32. The molecule has 0 aliphatic carbocycles. The Bertz CT molecular complexity index is 423. The Hall–Kier alpha value is -1.04. The van der Waals surface area contributed by atoms with Gasteiger partial charge in [0.25, 0.3) is 5.91 Å². The van der Waals surface area contributed by atoms with Gasteiger partial charge in [0.1, 0.15) is 5.75 Å². The Morgan fingerprint density at radius 2 is 1.84 bits per heavy atom. The normalized spacial score (nSPS) is 9.47. The summed E-state index contributed by atoms with van der Waals surface area (Å²) in [5.41, 5.74) is 0.243. The maximum absolute atomic E-state index is 11.6. The number of para-hydroxylation sites is 1. The molecule has 0 aromatic heterocycles. The van der Waals surface area contributed by atoms with Crippen molar-refractivity contribution in [2.24, 2.45) is 0 Å². The summed E-state index contributed by atoms with van der Waals surface area (Å²) in [6.45, 7) is 0.459. The molecule has 0 saturated heterocycles. The van der Waals surface area contributed by atoms with Crippen molar-refractivity contribution in [1.82, 2.24) is 5.32 Å². The number of phenols is 1. The number of hydrogen-bond donors (Lipinski definition) is 2. The number of hydrogen-bond acceptors (Lipinski definition) is 4. The Morgan fingerprint density at radius 1 is 1.16 bits per heavy atom. The minimum atomic E-state index is -1.05. The predicted molar refractivity (Wildman–Crippen MR) is 63.9 cm³/mol.